The topological polar surface area (TPSA) is 46.3 Å². The number of rotatable bonds is 1. The maximum atomic E-state index is 10.8. The van der Waals surface area contributed by atoms with Crippen LogP contribution in [0.3, 0.4) is 0 Å². The van der Waals surface area contributed by atoms with Crippen LogP contribution in [0.1, 0.15) is 12.8 Å². The van der Waals surface area contributed by atoms with Gasteiger partial charge < -0.3 is 5.73 Å². The van der Waals surface area contributed by atoms with Crippen molar-refractivity contribution in [3.05, 3.63) is 0 Å². The van der Waals surface area contributed by atoms with Gasteiger partial charge in [-0.05, 0) is 18.8 Å². The molecule has 0 spiro atoms. The first-order valence-corrected chi connectivity index (χ1v) is 4.40. The molecule has 0 aromatic heterocycles. The zero-order valence-electron chi connectivity index (χ0n) is 5.46. The number of amides is 1. The highest BCUT2D eigenvalue weighted by Gasteiger charge is 2.52. The van der Waals surface area contributed by atoms with Crippen molar-refractivity contribution in [3.8, 4) is 0 Å². The third-order valence-corrected chi connectivity index (χ3v) is 3.74. The van der Waals surface area contributed by atoms with E-state index < -0.39 is 0 Å². The summed E-state index contributed by atoms with van der Waals surface area (Å²) in [6.07, 6.45) is 2.26. The third-order valence-electron chi connectivity index (χ3n) is 2.35. The van der Waals surface area contributed by atoms with Crippen molar-refractivity contribution in [3.63, 3.8) is 0 Å². The first-order chi connectivity index (χ1) is 4.70. The van der Waals surface area contributed by atoms with Crippen LogP contribution in [0.25, 0.3) is 0 Å². The van der Waals surface area contributed by atoms with Gasteiger partial charge in [-0.25, -0.2) is 3.11 Å². The summed E-state index contributed by atoms with van der Waals surface area (Å²) in [5, 5.41) is 0. The number of nitrogens with two attached hydrogens (primary N) is 1. The van der Waals surface area contributed by atoms with Crippen molar-refractivity contribution in [1.29, 1.82) is 0 Å². The average molecular weight is 252 g/mol. The van der Waals surface area contributed by atoms with Crippen LogP contribution in [0, 0.1) is 5.92 Å². The number of halogens is 1. The van der Waals surface area contributed by atoms with Gasteiger partial charge in [0.05, 0.1) is 6.04 Å². The Bertz CT molecular complexity index is 185. The van der Waals surface area contributed by atoms with Crippen molar-refractivity contribution >= 4 is 28.8 Å². The third kappa shape index (κ3) is 0.852. The van der Waals surface area contributed by atoms with E-state index in [0.29, 0.717) is 6.04 Å². The molecule has 1 saturated carbocycles. The van der Waals surface area contributed by atoms with Crippen LogP contribution < -0.4 is 5.73 Å². The molecule has 0 radical (unpaired) electrons. The molecule has 0 bridgehead atoms. The van der Waals surface area contributed by atoms with Gasteiger partial charge in [-0.15, -0.1) is 0 Å². The first kappa shape index (κ1) is 6.84. The predicted molar refractivity (Wildman–Crippen MR) is 45.4 cm³/mol. The molecule has 1 aliphatic heterocycles. The van der Waals surface area contributed by atoms with Gasteiger partial charge in [0.15, 0.2) is 0 Å². The summed E-state index contributed by atoms with van der Waals surface area (Å²) in [5.41, 5.74) is 5.19. The number of hydrogen-bond acceptors (Lipinski definition) is 2. The molecule has 3 atom stereocenters. The molecule has 4 heteroatoms. The SMILES string of the molecule is NC(=O)[C@@H]1C[C@@H]2C[C@@H]2N1I. The minimum Gasteiger partial charge on any atom is -0.368 e. The van der Waals surface area contributed by atoms with Crippen molar-refractivity contribution in [2.75, 3.05) is 0 Å². The Kier molecular flexibility index (Phi) is 1.42. The highest BCUT2D eigenvalue weighted by Crippen LogP contribution is 2.49. The Morgan fingerprint density at radius 1 is 1.60 bits per heavy atom. The molecule has 2 N–H and O–H groups in total. The largest absolute Gasteiger partial charge is 0.368 e. The van der Waals surface area contributed by atoms with Crippen molar-refractivity contribution in [2.24, 2.45) is 11.7 Å². The minimum atomic E-state index is -0.165. The van der Waals surface area contributed by atoms with E-state index in [4.69, 9.17) is 5.73 Å². The van der Waals surface area contributed by atoms with Crippen LogP contribution in [0.4, 0.5) is 0 Å². The van der Waals surface area contributed by atoms with Crippen LogP contribution in [0.2, 0.25) is 0 Å². The molecule has 2 aliphatic rings. The average Bonchev–Trinajstić information content (AvgIpc) is 2.54. The zero-order chi connectivity index (χ0) is 7.30. The van der Waals surface area contributed by atoms with E-state index in [1.54, 1.807) is 0 Å². The Balaban J connectivity index is 2.07. The first-order valence-electron chi connectivity index (χ1n) is 3.43. The lowest BCUT2D eigenvalue weighted by Gasteiger charge is -2.16. The second kappa shape index (κ2) is 2.07. The Hall–Kier alpha value is 0.160. The Morgan fingerprint density at radius 3 is 2.60 bits per heavy atom. The summed E-state index contributed by atoms with van der Waals surface area (Å²) in [4.78, 5) is 10.8. The standard InChI is InChI=1S/C6H9IN2O/c7-9-4-1-3(4)2-5(9)6(8)10/h3-5H,1-2H2,(H2,8,10)/t3-,4-,5-/m0/s1. The van der Waals surface area contributed by atoms with Crippen LogP contribution >= 0.6 is 22.9 Å². The van der Waals surface area contributed by atoms with Gasteiger partial charge in [-0.3, -0.25) is 4.79 Å². The maximum Gasteiger partial charge on any atom is 0.235 e. The smallest absolute Gasteiger partial charge is 0.235 e. The van der Waals surface area contributed by atoms with Gasteiger partial charge >= 0.3 is 0 Å². The van der Waals surface area contributed by atoms with Gasteiger partial charge in [0.2, 0.25) is 5.91 Å². The molecule has 1 heterocycles. The number of primary amides is 1. The van der Waals surface area contributed by atoms with Crippen LogP contribution in [-0.2, 0) is 4.79 Å². The van der Waals surface area contributed by atoms with Gasteiger partial charge in [0.1, 0.15) is 0 Å². The van der Waals surface area contributed by atoms with E-state index in [0.717, 1.165) is 12.3 Å². The fourth-order valence-corrected chi connectivity index (χ4v) is 2.83. The lowest BCUT2D eigenvalue weighted by Crippen LogP contribution is -2.36. The van der Waals surface area contributed by atoms with E-state index in [-0.39, 0.29) is 11.9 Å². The normalized spacial score (nSPS) is 45.1. The van der Waals surface area contributed by atoms with Crippen molar-refractivity contribution in [1.82, 2.24) is 3.11 Å². The molecule has 10 heavy (non-hydrogen) atoms. The molecule has 3 nitrogen and oxygen atoms in total. The number of carbonyl (C=O) groups is 1. The zero-order valence-corrected chi connectivity index (χ0v) is 7.61. The Morgan fingerprint density at radius 2 is 2.30 bits per heavy atom. The van der Waals surface area contributed by atoms with Gasteiger partial charge in [-0.2, -0.15) is 0 Å². The number of piperidine rings is 1. The molecule has 1 amide bonds. The summed E-state index contributed by atoms with van der Waals surface area (Å²) in [6, 6.07) is 0.683. The fourth-order valence-electron chi connectivity index (χ4n) is 1.64. The van der Waals surface area contributed by atoms with Crippen molar-refractivity contribution in [2.45, 2.75) is 24.9 Å². The maximum absolute atomic E-state index is 10.8. The number of hydrogen-bond donors (Lipinski definition) is 1. The molecule has 1 aliphatic carbocycles. The highest BCUT2D eigenvalue weighted by atomic mass is 127. The summed E-state index contributed by atoms with van der Waals surface area (Å²) in [5.74, 6) is 0.607. The Labute approximate surface area is 73.4 Å². The van der Waals surface area contributed by atoms with Gasteiger partial charge in [0.25, 0.3) is 0 Å². The summed E-state index contributed by atoms with van der Waals surface area (Å²) < 4.78 is 2.09. The molecule has 56 valence electrons. The van der Waals surface area contributed by atoms with Crippen molar-refractivity contribution < 1.29 is 4.79 Å². The lowest BCUT2D eigenvalue weighted by molar-refractivity contribution is -0.120. The molecular formula is C6H9IN2O. The predicted octanol–water partition coefficient (Wildman–Crippen LogP) is 0.284. The second-order valence-electron chi connectivity index (χ2n) is 3.06. The fraction of sp³-hybridized carbons (Fsp3) is 0.833. The molecule has 2 rings (SSSR count). The van der Waals surface area contributed by atoms with E-state index in [9.17, 15) is 4.79 Å². The van der Waals surface area contributed by atoms with Crippen LogP contribution in [-0.4, -0.2) is 21.1 Å². The summed E-state index contributed by atoms with van der Waals surface area (Å²) >= 11 is 2.21. The molecule has 2 fully saturated rings. The quantitative estimate of drug-likeness (QED) is 0.538. The number of nitrogens with zero attached hydrogens (tertiary/aromatic N) is 1. The highest BCUT2D eigenvalue weighted by molar-refractivity contribution is 14.1. The van der Waals surface area contributed by atoms with Gasteiger partial charge in [0, 0.05) is 28.9 Å². The second-order valence-corrected chi connectivity index (χ2v) is 4.18. The molecular weight excluding hydrogens is 243 g/mol. The molecule has 0 unspecified atom stereocenters. The van der Waals surface area contributed by atoms with E-state index in [1.807, 2.05) is 0 Å². The van der Waals surface area contributed by atoms with E-state index in [2.05, 4.69) is 26.0 Å². The number of carbonyl (C=O) groups excluding carboxylic acids is 1. The van der Waals surface area contributed by atoms with E-state index in [1.165, 1.54) is 6.42 Å². The van der Waals surface area contributed by atoms with E-state index >= 15 is 0 Å². The van der Waals surface area contributed by atoms with Crippen LogP contribution in [0.5, 0.6) is 0 Å². The van der Waals surface area contributed by atoms with Gasteiger partial charge in [-0.1, -0.05) is 0 Å². The lowest BCUT2D eigenvalue weighted by atomic mass is 10.2. The monoisotopic (exact) mass is 252 g/mol. The molecule has 0 aromatic rings. The van der Waals surface area contributed by atoms with Crippen LogP contribution in [0.15, 0.2) is 0 Å². The minimum absolute atomic E-state index is 0.0179. The molecule has 0 aromatic carbocycles. The molecule has 1 saturated heterocycles. The summed E-state index contributed by atoms with van der Waals surface area (Å²) in [7, 11) is 0. The number of fused-ring (bicyclic) bond motifs is 1. The summed E-state index contributed by atoms with van der Waals surface area (Å²) in [6.45, 7) is 0.